The molecule has 0 fully saturated rings. The first-order valence-corrected chi connectivity index (χ1v) is 22.2. The zero-order chi connectivity index (χ0) is 44.5. The Morgan fingerprint density at radius 1 is 0.839 bits per heavy atom. The van der Waals surface area contributed by atoms with E-state index in [2.05, 4.69) is 10.6 Å². The molecule has 0 unspecified atom stereocenters. The van der Waals surface area contributed by atoms with Crippen molar-refractivity contribution >= 4 is 37.1 Å². The lowest BCUT2D eigenvalue weighted by Gasteiger charge is -2.32. The highest BCUT2D eigenvalue weighted by Gasteiger charge is 2.35. The van der Waals surface area contributed by atoms with E-state index in [4.69, 9.17) is 23.0 Å². The molecule has 15 heteroatoms. The summed E-state index contributed by atoms with van der Waals surface area (Å²) in [7, 11) is -4.00. The van der Waals surface area contributed by atoms with Crippen LogP contribution in [0.5, 0.6) is 5.75 Å². The van der Waals surface area contributed by atoms with Crippen molar-refractivity contribution < 1.29 is 51.2 Å². The lowest BCUT2D eigenvalue weighted by atomic mass is 9.90. The molecule has 4 aromatic carbocycles. The van der Waals surface area contributed by atoms with Crippen molar-refractivity contribution in [1.29, 1.82) is 0 Å². The first-order valence-electron chi connectivity index (χ1n) is 20.6. The number of unbranched alkanes of at least 4 members (excludes halogenated alkanes) is 2. The first-order chi connectivity index (χ1) is 30.0. The number of nitrogens with one attached hydrogen (secondary N) is 2. The van der Waals surface area contributed by atoms with E-state index in [1.165, 1.54) is 12.1 Å². The third-order valence-electron chi connectivity index (χ3n) is 10.0. The van der Waals surface area contributed by atoms with Crippen molar-refractivity contribution in [2.45, 2.75) is 79.1 Å². The van der Waals surface area contributed by atoms with Gasteiger partial charge in [0.25, 0.3) is 5.91 Å². The van der Waals surface area contributed by atoms with Crippen molar-refractivity contribution in [3.05, 3.63) is 143 Å². The van der Waals surface area contributed by atoms with Gasteiger partial charge in [0.1, 0.15) is 22.9 Å². The van der Waals surface area contributed by atoms with Crippen LogP contribution in [-0.4, -0.2) is 48.6 Å². The fraction of sp³-hybridized carbons (Fsp3) is 0.319. The van der Waals surface area contributed by atoms with Crippen LogP contribution >= 0.6 is 7.60 Å². The summed E-state index contributed by atoms with van der Waals surface area (Å²) < 4.78 is 53.2. The van der Waals surface area contributed by atoms with E-state index in [-0.39, 0.29) is 48.7 Å². The standard InChI is InChI=1S/C47H53FN3O10P/c1-5-8-11-22-39(41(6-2)51(32-52)61-47(55)44-33(4)17-16-23-40(44)48)45(53)49-31-50-46(54)43-25-24-42(60-43)36-26-37(57-7-3)28-38(27-36)62(56,58-29-34-18-12-9-13-19-34)59-30-35-20-14-10-15-21-35/h9-10,12-21,23-28,32,39,41H,5-8,11,22,29-31H2,1-4H3,(H,49,53)(H,50,54)/t39-,41-/m1/s1. The van der Waals surface area contributed by atoms with E-state index < -0.39 is 43.2 Å². The molecule has 0 bridgehead atoms. The van der Waals surface area contributed by atoms with E-state index in [0.29, 0.717) is 42.7 Å². The summed E-state index contributed by atoms with van der Waals surface area (Å²) in [5, 5.41) is 6.33. The molecular weight excluding hydrogens is 816 g/mol. The molecule has 5 aromatic rings. The van der Waals surface area contributed by atoms with Gasteiger partial charge >= 0.3 is 13.6 Å². The number of hydrogen-bond donors (Lipinski definition) is 2. The Hall–Kier alpha value is -6.08. The molecule has 0 aliphatic rings. The number of aryl methyl sites for hydroxylation is 1. The third-order valence-corrected chi connectivity index (χ3v) is 11.8. The van der Waals surface area contributed by atoms with Crippen LogP contribution in [0.1, 0.15) is 90.5 Å². The highest BCUT2D eigenvalue weighted by atomic mass is 31.2. The summed E-state index contributed by atoms with van der Waals surface area (Å²) in [4.78, 5) is 57.7. The van der Waals surface area contributed by atoms with Gasteiger partial charge in [-0.15, -0.1) is 0 Å². The van der Waals surface area contributed by atoms with Gasteiger partial charge in [-0.05, 0) is 79.8 Å². The van der Waals surface area contributed by atoms with Gasteiger partial charge in [0.2, 0.25) is 12.3 Å². The van der Waals surface area contributed by atoms with Gasteiger partial charge in [-0.1, -0.05) is 106 Å². The van der Waals surface area contributed by atoms with Crippen LogP contribution in [0.15, 0.2) is 114 Å². The summed E-state index contributed by atoms with van der Waals surface area (Å²) in [6.07, 6.45) is 3.19. The number of furan rings is 1. The molecule has 13 nitrogen and oxygen atoms in total. The van der Waals surface area contributed by atoms with Gasteiger partial charge < -0.3 is 33.7 Å². The molecule has 62 heavy (non-hydrogen) atoms. The summed E-state index contributed by atoms with van der Waals surface area (Å²) in [5.41, 5.74) is 2.05. The quantitative estimate of drug-likeness (QED) is 0.0201. The van der Waals surface area contributed by atoms with Crippen LogP contribution in [0.3, 0.4) is 0 Å². The average molecular weight is 870 g/mol. The van der Waals surface area contributed by atoms with Crippen molar-refractivity contribution in [3.8, 4) is 17.1 Å². The van der Waals surface area contributed by atoms with E-state index in [0.717, 1.165) is 35.1 Å². The smallest absolute Gasteiger partial charge is 0.366 e. The minimum Gasteiger partial charge on any atom is -0.494 e. The molecule has 2 N–H and O–H groups in total. The Bertz CT molecular complexity index is 2240. The van der Waals surface area contributed by atoms with Gasteiger partial charge in [0, 0.05) is 5.56 Å². The van der Waals surface area contributed by atoms with Crippen molar-refractivity contribution in [2.75, 3.05) is 13.3 Å². The van der Waals surface area contributed by atoms with Crippen LogP contribution in [0, 0.1) is 18.7 Å². The Morgan fingerprint density at radius 3 is 2.11 bits per heavy atom. The van der Waals surface area contributed by atoms with Crippen molar-refractivity contribution in [2.24, 2.45) is 5.92 Å². The summed E-state index contributed by atoms with van der Waals surface area (Å²) in [6, 6.07) is 29.8. The molecule has 0 aliphatic heterocycles. The molecule has 2 atom stereocenters. The number of ether oxygens (including phenoxy) is 1. The minimum absolute atomic E-state index is 0.0132. The minimum atomic E-state index is -4.00. The topological polar surface area (TPSA) is 163 Å². The van der Waals surface area contributed by atoms with Crippen LogP contribution in [0.4, 0.5) is 4.39 Å². The Balaban J connectivity index is 1.30. The zero-order valence-electron chi connectivity index (χ0n) is 35.3. The summed E-state index contributed by atoms with van der Waals surface area (Å²) in [5.74, 6) is -3.27. The van der Waals surface area contributed by atoms with E-state index in [1.807, 2.05) is 74.5 Å². The van der Waals surface area contributed by atoms with Crippen LogP contribution in [0.2, 0.25) is 0 Å². The molecule has 0 aliphatic carbocycles. The molecule has 5 rings (SSSR count). The average Bonchev–Trinajstić information content (AvgIpc) is 3.78. The number of hydroxylamine groups is 2. The monoisotopic (exact) mass is 869 g/mol. The second-order valence-electron chi connectivity index (χ2n) is 14.4. The predicted octanol–water partition coefficient (Wildman–Crippen LogP) is 9.05. The Labute approximate surface area is 361 Å². The normalized spacial score (nSPS) is 12.2. The third kappa shape index (κ3) is 12.7. The number of halogens is 1. The molecule has 0 saturated heterocycles. The molecule has 1 aromatic heterocycles. The molecule has 0 radical (unpaired) electrons. The van der Waals surface area contributed by atoms with Crippen molar-refractivity contribution in [1.82, 2.24) is 15.7 Å². The zero-order valence-corrected chi connectivity index (χ0v) is 36.2. The second-order valence-corrected chi connectivity index (χ2v) is 16.4. The van der Waals surface area contributed by atoms with Crippen LogP contribution in [-0.2, 0) is 41.3 Å². The highest BCUT2D eigenvalue weighted by Crippen LogP contribution is 2.50. The lowest BCUT2D eigenvalue weighted by molar-refractivity contribution is -0.171. The van der Waals surface area contributed by atoms with Gasteiger partial charge in [-0.2, -0.15) is 5.06 Å². The SMILES string of the molecule is CCCCC[C@@H](C(=O)NCNC(=O)c1ccc(-c2cc(OCC)cc(P(=O)(OCc3ccccc3)OCc3ccccc3)c2)o1)[C@@H](CC)N(C=O)OC(=O)c1c(C)cccc1F. The van der Waals surface area contributed by atoms with Gasteiger partial charge in [0.15, 0.2) is 5.76 Å². The van der Waals surface area contributed by atoms with E-state index >= 15 is 0 Å². The van der Waals surface area contributed by atoms with Crippen LogP contribution in [0.25, 0.3) is 11.3 Å². The number of carbonyl (C=O) groups is 4. The maximum Gasteiger partial charge on any atom is 0.366 e. The number of rotatable bonds is 24. The van der Waals surface area contributed by atoms with Crippen LogP contribution < -0.4 is 20.7 Å². The Kier molecular flexibility index (Phi) is 17.6. The molecule has 328 valence electrons. The number of carbonyl (C=O) groups excluding carboxylic acids is 4. The number of amides is 3. The maximum atomic E-state index is 14.7. The summed E-state index contributed by atoms with van der Waals surface area (Å²) in [6.45, 7) is 7.15. The molecule has 0 saturated carbocycles. The largest absolute Gasteiger partial charge is 0.494 e. The molecule has 3 amide bonds. The van der Waals surface area contributed by atoms with Crippen molar-refractivity contribution in [3.63, 3.8) is 0 Å². The number of hydrogen-bond acceptors (Lipinski definition) is 10. The first kappa shape index (κ1) is 47.0. The van der Waals surface area contributed by atoms with Gasteiger partial charge in [-0.3, -0.25) is 18.9 Å². The summed E-state index contributed by atoms with van der Waals surface area (Å²) >= 11 is 0. The van der Waals surface area contributed by atoms with E-state index in [9.17, 15) is 28.1 Å². The van der Waals surface area contributed by atoms with E-state index in [1.54, 1.807) is 44.2 Å². The molecule has 0 spiro atoms. The molecule has 1 heterocycles. The lowest BCUT2D eigenvalue weighted by Crippen LogP contribution is -2.49. The fourth-order valence-electron chi connectivity index (χ4n) is 6.79. The second kappa shape index (κ2) is 23.2. The number of nitrogens with zero attached hydrogens (tertiary/aromatic N) is 1. The fourth-order valence-corrected chi connectivity index (χ4v) is 8.38. The predicted molar refractivity (Wildman–Crippen MR) is 232 cm³/mol. The Morgan fingerprint density at radius 2 is 1.52 bits per heavy atom. The maximum absolute atomic E-state index is 14.7. The van der Waals surface area contributed by atoms with Gasteiger partial charge in [-0.25, -0.2) is 9.18 Å². The highest BCUT2D eigenvalue weighted by molar-refractivity contribution is 7.62. The van der Waals surface area contributed by atoms with Gasteiger partial charge in [0.05, 0.1) is 43.8 Å². The molecular formula is C47H53FN3O10P. The number of benzene rings is 4.